The second-order valence-electron chi connectivity index (χ2n) is 9.30. The van der Waals surface area contributed by atoms with E-state index in [-0.39, 0.29) is 12.2 Å². The number of carbonyl (C=O) groups is 3. The quantitative estimate of drug-likeness (QED) is 0.292. The molecule has 3 atom stereocenters. The van der Waals surface area contributed by atoms with Gasteiger partial charge in [0.1, 0.15) is 17.6 Å². The Morgan fingerprint density at radius 2 is 1.78 bits per heavy atom. The van der Waals surface area contributed by atoms with Gasteiger partial charge in [-0.1, -0.05) is 40.8 Å². The van der Waals surface area contributed by atoms with Gasteiger partial charge in [0.05, 0.1) is 39.3 Å². The molecule has 2 aliphatic heterocycles. The molecule has 2 aliphatic rings. The first-order chi connectivity index (χ1) is 19.5. The summed E-state index contributed by atoms with van der Waals surface area (Å²) in [7, 11) is 0. The van der Waals surface area contributed by atoms with Crippen molar-refractivity contribution in [3.8, 4) is 0 Å². The van der Waals surface area contributed by atoms with E-state index >= 15 is 0 Å². The molecule has 8 nitrogen and oxygen atoms in total. The highest BCUT2D eigenvalue weighted by molar-refractivity contribution is 8.00. The van der Waals surface area contributed by atoms with Gasteiger partial charge in [0.2, 0.25) is 17.7 Å². The summed E-state index contributed by atoms with van der Waals surface area (Å²) in [5, 5.41) is 2.42. The minimum Gasteiger partial charge on any atom is -0.469 e. The predicted molar refractivity (Wildman–Crippen MR) is 146 cm³/mol. The molecule has 41 heavy (non-hydrogen) atoms. The van der Waals surface area contributed by atoms with E-state index in [4.69, 9.17) is 16.0 Å². The van der Waals surface area contributed by atoms with Crippen LogP contribution in [0.3, 0.4) is 0 Å². The van der Waals surface area contributed by atoms with Crippen LogP contribution in [0.15, 0.2) is 81.2 Å². The van der Waals surface area contributed by atoms with Crippen molar-refractivity contribution >= 4 is 63.8 Å². The largest absolute Gasteiger partial charge is 0.469 e. The Hall–Kier alpha value is -3.81. The maximum Gasteiger partial charge on any atom is 0.416 e. The number of carbonyl (C=O) groups excluding carboxylic acids is 3. The van der Waals surface area contributed by atoms with E-state index in [1.54, 1.807) is 36.4 Å². The predicted octanol–water partition coefficient (Wildman–Crippen LogP) is 5.61. The molecule has 2 aromatic heterocycles. The molecular formula is C27H17ClF3N3O5S2. The fraction of sp³-hybridized carbons (Fsp3) is 0.185. The number of fused-ring (bicyclic) bond motifs is 2. The average molecular weight is 620 g/mol. The van der Waals surface area contributed by atoms with Crippen molar-refractivity contribution in [2.24, 2.45) is 5.92 Å². The van der Waals surface area contributed by atoms with Crippen LogP contribution < -0.4 is 15.1 Å². The van der Waals surface area contributed by atoms with Gasteiger partial charge in [-0.25, -0.2) is 4.90 Å². The van der Waals surface area contributed by atoms with Crippen molar-refractivity contribution in [3.05, 3.63) is 97.8 Å². The van der Waals surface area contributed by atoms with E-state index < -0.39 is 51.4 Å². The monoisotopic (exact) mass is 619 g/mol. The molecule has 0 bridgehead atoms. The third-order valence-electron chi connectivity index (χ3n) is 6.76. The van der Waals surface area contributed by atoms with E-state index in [1.807, 2.05) is 0 Å². The number of furan rings is 1. The number of nitrogens with one attached hydrogen (secondary N) is 1. The second-order valence-corrected chi connectivity index (χ2v) is 11.9. The highest BCUT2D eigenvalue weighted by atomic mass is 35.5. The van der Waals surface area contributed by atoms with Crippen LogP contribution in [-0.2, 0) is 27.1 Å². The van der Waals surface area contributed by atoms with E-state index in [2.05, 4.69) is 5.32 Å². The maximum absolute atomic E-state index is 13.7. The normalized spacial score (nSPS) is 20.2. The number of amides is 3. The first kappa shape index (κ1) is 27.4. The van der Waals surface area contributed by atoms with Crippen molar-refractivity contribution in [2.75, 3.05) is 10.2 Å². The molecule has 210 valence electrons. The average Bonchev–Trinajstić information content (AvgIpc) is 3.62. The minimum absolute atomic E-state index is 0.203. The molecule has 6 rings (SSSR count). The lowest BCUT2D eigenvalue weighted by atomic mass is 9.87. The molecule has 1 fully saturated rings. The molecule has 1 saturated heterocycles. The molecule has 0 aliphatic carbocycles. The topological polar surface area (TPSA) is 102 Å². The van der Waals surface area contributed by atoms with Crippen molar-refractivity contribution in [2.45, 2.75) is 28.9 Å². The van der Waals surface area contributed by atoms with Crippen LogP contribution in [-0.4, -0.2) is 27.5 Å². The van der Waals surface area contributed by atoms with Crippen LogP contribution in [0.1, 0.15) is 22.1 Å². The van der Waals surface area contributed by atoms with E-state index in [9.17, 15) is 32.3 Å². The van der Waals surface area contributed by atoms with Crippen molar-refractivity contribution in [1.29, 1.82) is 0 Å². The van der Waals surface area contributed by atoms with E-state index in [0.717, 1.165) is 46.2 Å². The summed E-state index contributed by atoms with van der Waals surface area (Å²) in [5.74, 6) is -3.53. The summed E-state index contributed by atoms with van der Waals surface area (Å²) in [6, 6.07) is 13.6. The van der Waals surface area contributed by atoms with Crippen LogP contribution in [0.2, 0.25) is 5.02 Å². The fourth-order valence-corrected chi connectivity index (χ4v) is 7.86. The summed E-state index contributed by atoms with van der Waals surface area (Å²) >= 11 is 7.66. The SMILES string of the molecule is O=C(Cn1c2c(sc1=O)[C@H](c1ccco1)C1C(=O)N(c3cccc(C(F)(F)F)c3)C(=O)C1S2)Nc1ccc(Cl)cc1. The van der Waals surface area contributed by atoms with Crippen LogP contribution in [0, 0.1) is 5.92 Å². The van der Waals surface area contributed by atoms with Gasteiger partial charge >= 0.3 is 11.0 Å². The summed E-state index contributed by atoms with van der Waals surface area (Å²) < 4.78 is 47.0. The molecule has 14 heteroatoms. The summed E-state index contributed by atoms with van der Waals surface area (Å²) in [6.45, 7) is -0.373. The zero-order chi connectivity index (χ0) is 29.1. The van der Waals surface area contributed by atoms with Crippen molar-refractivity contribution in [3.63, 3.8) is 0 Å². The molecule has 0 saturated carbocycles. The lowest BCUT2D eigenvalue weighted by Crippen LogP contribution is -2.32. The van der Waals surface area contributed by atoms with Crippen LogP contribution in [0.5, 0.6) is 0 Å². The van der Waals surface area contributed by atoms with Gasteiger partial charge in [0.15, 0.2) is 0 Å². The fourth-order valence-electron chi connectivity index (χ4n) is 4.98. The van der Waals surface area contributed by atoms with Gasteiger partial charge in [-0.3, -0.25) is 23.7 Å². The Balaban J connectivity index is 1.38. The van der Waals surface area contributed by atoms with Gasteiger partial charge in [0, 0.05) is 10.7 Å². The van der Waals surface area contributed by atoms with Crippen molar-refractivity contribution in [1.82, 2.24) is 4.57 Å². The third-order valence-corrected chi connectivity index (χ3v) is 9.62. The molecule has 4 aromatic rings. The Kier molecular flexibility index (Phi) is 6.83. The zero-order valence-electron chi connectivity index (χ0n) is 20.6. The number of rotatable bonds is 5. The lowest BCUT2D eigenvalue weighted by molar-refractivity contribution is -0.137. The number of thioether (sulfide) groups is 1. The second kappa shape index (κ2) is 10.2. The number of hydrogen-bond donors (Lipinski definition) is 1. The Bertz CT molecular complexity index is 1730. The minimum atomic E-state index is -4.67. The number of aromatic nitrogens is 1. The molecular weight excluding hydrogens is 603 g/mol. The van der Waals surface area contributed by atoms with Crippen LogP contribution >= 0.6 is 34.7 Å². The first-order valence-electron chi connectivity index (χ1n) is 12.1. The van der Waals surface area contributed by atoms with Gasteiger partial charge < -0.3 is 9.73 Å². The number of benzene rings is 2. The molecule has 3 amide bonds. The lowest BCUT2D eigenvalue weighted by Gasteiger charge is -2.29. The Labute approximate surface area is 242 Å². The van der Waals surface area contributed by atoms with Gasteiger partial charge in [-0.2, -0.15) is 13.2 Å². The van der Waals surface area contributed by atoms with Gasteiger partial charge in [0.25, 0.3) is 0 Å². The molecule has 1 N–H and O–H groups in total. The third kappa shape index (κ3) is 4.87. The van der Waals surface area contributed by atoms with Gasteiger partial charge in [-0.05, 0) is 54.6 Å². The first-order valence-corrected chi connectivity index (χ1v) is 14.1. The summed E-state index contributed by atoms with van der Waals surface area (Å²) in [5.41, 5.74) is -0.738. The Morgan fingerprint density at radius 3 is 2.46 bits per heavy atom. The molecule has 2 unspecified atom stereocenters. The maximum atomic E-state index is 13.7. The van der Waals surface area contributed by atoms with E-state index in [1.165, 1.54) is 16.9 Å². The number of nitrogens with zero attached hydrogens (tertiary/aromatic N) is 2. The number of thiazole rings is 1. The summed E-state index contributed by atoms with van der Waals surface area (Å²) in [4.78, 5) is 54.1. The molecule has 2 aromatic carbocycles. The van der Waals surface area contributed by atoms with Crippen LogP contribution in [0.4, 0.5) is 24.5 Å². The summed E-state index contributed by atoms with van der Waals surface area (Å²) in [6.07, 6.45) is -3.29. The molecule has 4 heterocycles. The highest BCUT2D eigenvalue weighted by Crippen LogP contribution is 2.54. The van der Waals surface area contributed by atoms with Gasteiger partial charge in [-0.15, -0.1) is 0 Å². The highest BCUT2D eigenvalue weighted by Gasteiger charge is 2.57. The number of imide groups is 1. The number of hydrogen-bond acceptors (Lipinski definition) is 7. The van der Waals surface area contributed by atoms with Crippen LogP contribution in [0.25, 0.3) is 0 Å². The zero-order valence-corrected chi connectivity index (χ0v) is 22.9. The smallest absolute Gasteiger partial charge is 0.416 e. The van der Waals surface area contributed by atoms with E-state index in [0.29, 0.717) is 26.4 Å². The Morgan fingerprint density at radius 1 is 1.02 bits per heavy atom. The number of halogens is 4. The van der Waals surface area contributed by atoms with Crippen molar-refractivity contribution < 1.29 is 32.0 Å². The molecule has 0 spiro atoms. The molecule has 0 radical (unpaired) electrons. The standard InChI is InChI=1S/C27H17ClF3N3O5S2/c28-14-6-8-15(9-7-14)32-18(35)12-33-25-22(41-26(33)38)19(17-5-2-10-39-17)20-21(40-25)24(37)34(23(20)36)16-4-1-3-13(11-16)27(29,30)31/h1-11,19-21H,12H2,(H,32,35)/t19-,20?,21?/m1/s1. The number of alkyl halides is 3. The number of anilines is 2.